The second kappa shape index (κ2) is 6.53. The van der Waals surface area contributed by atoms with Gasteiger partial charge >= 0.3 is 0 Å². The van der Waals surface area contributed by atoms with Gasteiger partial charge in [0.05, 0.1) is 17.8 Å². The van der Waals surface area contributed by atoms with E-state index in [4.69, 9.17) is 11.6 Å². The van der Waals surface area contributed by atoms with Crippen LogP contribution in [0.15, 0.2) is 36.7 Å². The number of benzene rings is 1. The van der Waals surface area contributed by atoms with Crippen molar-refractivity contribution >= 4 is 17.5 Å². The van der Waals surface area contributed by atoms with E-state index in [9.17, 15) is 4.79 Å². The van der Waals surface area contributed by atoms with Gasteiger partial charge in [-0.1, -0.05) is 30.7 Å². The van der Waals surface area contributed by atoms with Crippen molar-refractivity contribution in [2.45, 2.75) is 26.3 Å². The lowest BCUT2D eigenvalue weighted by Gasteiger charge is -2.31. The molecular weight excluding hydrogens is 298 g/mol. The SMILES string of the molecule is C[C@H]1CCCN(C(=O)c2ccc(Cn3cc(Cl)cn3)cc2)C1. The summed E-state index contributed by atoms with van der Waals surface area (Å²) in [4.78, 5) is 14.5. The lowest BCUT2D eigenvalue weighted by Crippen LogP contribution is -2.39. The van der Waals surface area contributed by atoms with E-state index in [1.807, 2.05) is 29.2 Å². The van der Waals surface area contributed by atoms with E-state index in [0.717, 1.165) is 30.6 Å². The Hall–Kier alpha value is -1.81. The van der Waals surface area contributed by atoms with Gasteiger partial charge < -0.3 is 4.90 Å². The highest BCUT2D eigenvalue weighted by molar-refractivity contribution is 6.30. The van der Waals surface area contributed by atoms with Crippen LogP contribution in [0.25, 0.3) is 0 Å². The molecule has 0 radical (unpaired) electrons. The Labute approximate surface area is 135 Å². The second-order valence-electron chi connectivity index (χ2n) is 6.05. The van der Waals surface area contributed by atoms with Crippen molar-refractivity contribution in [1.29, 1.82) is 0 Å². The van der Waals surface area contributed by atoms with Gasteiger partial charge in [0.15, 0.2) is 0 Å². The predicted molar refractivity (Wildman–Crippen MR) is 87.1 cm³/mol. The molecule has 1 atom stereocenters. The number of aromatic nitrogens is 2. The quantitative estimate of drug-likeness (QED) is 0.869. The number of rotatable bonds is 3. The number of likely N-dealkylation sites (tertiary alicyclic amines) is 1. The van der Waals surface area contributed by atoms with Crippen LogP contribution in [0.4, 0.5) is 0 Å². The molecule has 0 N–H and O–H groups in total. The summed E-state index contributed by atoms with van der Waals surface area (Å²) in [6.45, 7) is 4.60. The maximum Gasteiger partial charge on any atom is 0.253 e. The fourth-order valence-electron chi connectivity index (χ4n) is 2.92. The molecule has 1 aromatic carbocycles. The third kappa shape index (κ3) is 3.50. The summed E-state index contributed by atoms with van der Waals surface area (Å²) in [7, 11) is 0. The van der Waals surface area contributed by atoms with Gasteiger partial charge in [-0.2, -0.15) is 5.10 Å². The predicted octanol–water partition coefficient (Wildman–Crippen LogP) is 3.46. The number of amides is 1. The molecule has 22 heavy (non-hydrogen) atoms. The van der Waals surface area contributed by atoms with Crippen molar-refractivity contribution < 1.29 is 4.79 Å². The Bertz CT molecular complexity index is 650. The summed E-state index contributed by atoms with van der Waals surface area (Å²) >= 11 is 5.86. The summed E-state index contributed by atoms with van der Waals surface area (Å²) in [5.74, 6) is 0.738. The Morgan fingerprint density at radius 3 is 2.77 bits per heavy atom. The van der Waals surface area contributed by atoms with Crippen LogP contribution in [-0.2, 0) is 6.54 Å². The fraction of sp³-hybridized carbons (Fsp3) is 0.412. The summed E-state index contributed by atoms with van der Waals surface area (Å²) in [5.41, 5.74) is 1.86. The van der Waals surface area contributed by atoms with Crippen LogP contribution in [0.2, 0.25) is 5.02 Å². The van der Waals surface area contributed by atoms with Crippen molar-refractivity contribution in [2.24, 2.45) is 5.92 Å². The Morgan fingerprint density at radius 2 is 2.14 bits per heavy atom. The molecule has 1 amide bonds. The van der Waals surface area contributed by atoms with Gasteiger partial charge in [-0.3, -0.25) is 9.48 Å². The first-order chi connectivity index (χ1) is 10.6. The number of carbonyl (C=O) groups is 1. The molecule has 0 unspecified atom stereocenters. The Kier molecular flexibility index (Phi) is 4.48. The molecule has 0 bridgehead atoms. The minimum absolute atomic E-state index is 0.139. The molecular formula is C17H20ClN3O. The summed E-state index contributed by atoms with van der Waals surface area (Å²) < 4.78 is 1.78. The van der Waals surface area contributed by atoms with Crippen LogP contribution in [0.3, 0.4) is 0 Å². The zero-order chi connectivity index (χ0) is 15.5. The summed E-state index contributed by atoms with van der Waals surface area (Å²) in [6, 6.07) is 7.77. The van der Waals surface area contributed by atoms with Gasteiger partial charge in [-0.25, -0.2) is 0 Å². The Balaban J connectivity index is 1.67. The minimum atomic E-state index is 0.139. The second-order valence-corrected chi connectivity index (χ2v) is 6.49. The number of halogens is 1. The third-order valence-corrected chi connectivity index (χ3v) is 4.29. The molecule has 1 aromatic heterocycles. The van der Waals surface area contributed by atoms with Gasteiger partial charge in [0.2, 0.25) is 0 Å². The molecule has 2 heterocycles. The standard InChI is InChI=1S/C17H20ClN3O/c1-13-3-2-8-20(10-13)17(22)15-6-4-14(5-7-15)11-21-12-16(18)9-19-21/h4-7,9,12-13H,2-3,8,10-11H2,1H3/t13-/m0/s1. The average molecular weight is 318 g/mol. The normalized spacial score (nSPS) is 18.5. The number of hydrogen-bond donors (Lipinski definition) is 0. The van der Waals surface area contributed by atoms with Crippen LogP contribution in [-0.4, -0.2) is 33.7 Å². The van der Waals surface area contributed by atoms with Gasteiger partial charge in [0.1, 0.15) is 0 Å². The lowest BCUT2D eigenvalue weighted by atomic mass is 9.99. The number of nitrogens with zero attached hydrogens (tertiary/aromatic N) is 3. The molecule has 4 nitrogen and oxygen atoms in total. The zero-order valence-electron chi connectivity index (χ0n) is 12.7. The van der Waals surface area contributed by atoms with Crippen LogP contribution in [0.1, 0.15) is 35.7 Å². The van der Waals surface area contributed by atoms with E-state index in [2.05, 4.69) is 12.0 Å². The van der Waals surface area contributed by atoms with Crippen molar-refractivity contribution in [3.8, 4) is 0 Å². The number of carbonyl (C=O) groups excluding carboxylic acids is 1. The first-order valence-electron chi connectivity index (χ1n) is 7.68. The maximum atomic E-state index is 12.5. The molecule has 0 spiro atoms. The molecule has 116 valence electrons. The summed E-state index contributed by atoms with van der Waals surface area (Å²) in [6.07, 6.45) is 5.73. The highest BCUT2D eigenvalue weighted by Crippen LogP contribution is 2.18. The average Bonchev–Trinajstić information content (AvgIpc) is 2.92. The lowest BCUT2D eigenvalue weighted by molar-refractivity contribution is 0.0683. The van der Waals surface area contributed by atoms with Gasteiger partial charge in [-0.15, -0.1) is 0 Å². The van der Waals surface area contributed by atoms with Crippen molar-refractivity contribution in [2.75, 3.05) is 13.1 Å². The topological polar surface area (TPSA) is 38.1 Å². The maximum absolute atomic E-state index is 12.5. The molecule has 1 saturated heterocycles. The van der Waals surface area contributed by atoms with Crippen molar-refractivity contribution in [3.63, 3.8) is 0 Å². The molecule has 2 aromatic rings. The first-order valence-corrected chi connectivity index (χ1v) is 8.06. The molecule has 5 heteroatoms. The zero-order valence-corrected chi connectivity index (χ0v) is 13.5. The molecule has 1 aliphatic rings. The first kappa shape index (κ1) is 15.1. The Morgan fingerprint density at radius 1 is 1.36 bits per heavy atom. The van der Waals surface area contributed by atoms with Crippen LogP contribution in [0, 0.1) is 5.92 Å². The van der Waals surface area contributed by atoms with Gasteiger partial charge in [-0.05, 0) is 36.5 Å². The third-order valence-electron chi connectivity index (χ3n) is 4.09. The highest BCUT2D eigenvalue weighted by Gasteiger charge is 2.21. The van der Waals surface area contributed by atoms with E-state index in [-0.39, 0.29) is 5.91 Å². The van der Waals surface area contributed by atoms with Crippen LogP contribution >= 0.6 is 11.6 Å². The fourth-order valence-corrected chi connectivity index (χ4v) is 3.08. The van der Waals surface area contributed by atoms with Crippen molar-refractivity contribution in [3.05, 3.63) is 52.8 Å². The monoisotopic (exact) mass is 317 g/mol. The van der Waals surface area contributed by atoms with E-state index in [0.29, 0.717) is 17.5 Å². The van der Waals surface area contributed by atoms with E-state index >= 15 is 0 Å². The highest BCUT2D eigenvalue weighted by atomic mass is 35.5. The molecule has 1 fully saturated rings. The summed E-state index contributed by atoms with van der Waals surface area (Å²) in [5, 5.41) is 4.79. The minimum Gasteiger partial charge on any atom is -0.338 e. The molecule has 0 aliphatic carbocycles. The van der Waals surface area contributed by atoms with E-state index in [1.54, 1.807) is 17.1 Å². The van der Waals surface area contributed by atoms with E-state index in [1.165, 1.54) is 6.42 Å². The van der Waals surface area contributed by atoms with Crippen molar-refractivity contribution in [1.82, 2.24) is 14.7 Å². The molecule has 1 aliphatic heterocycles. The van der Waals surface area contributed by atoms with Gasteiger partial charge in [0.25, 0.3) is 5.91 Å². The smallest absolute Gasteiger partial charge is 0.253 e. The van der Waals surface area contributed by atoms with Crippen LogP contribution < -0.4 is 0 Å². The van der Waals surface area contributed by atoms with E-state index < -0.39 is 0 Å². The van der Waals surface area contributed by atoms with Gasteiger partial charge in [0, 0.05) is 24.8 Å². The number of hydrogen-bond acceptors (Lipinski definition) is 2. The largest absolute Gasteiger partial charge is 0.338 e. The molecule has 3 rings (SSSR count). The van der Waals surface area contributed by atoms with Crippen LogP contribution in [0.5, 0.6) is 0 Å². The molecule has 0 saturated carbocycles. The number of piperidine rings is 1.